The normalized spacial score (nSPS) is 22.9. The van der Waals surface area contributed by atoms with Crippen LogP contribution in [0.4, 0.5) is 4.39 Å². The molecule has 5 rings (SSSR count). The maximum absolute atomic E-state index is 13.4. The number of hydrogen-bond acceptors (Lipinski definition) is 5. The molecule has 190 valence electrons. The van der Waals surface area contributed by atoms with E-state index in [1.807, 2.05) is 30.3 Å². The van der Waals surface area contributed by atoms with Gasteiger partial charge in [-0.05, 0) is 41.5 Å². The quantitative estimate of drug-likeness (QED) is 0.461. The summed E-state index contributed by atoms with van der Waals surface area (Å²) in [7, 11) is 0. The molecule has 2 saturated heterocycles. The number of amides is 2. The second-order valence-electron chi connectivity index (χ2n) is 8.94. The third-order valence-corrected chi connectivity index (χ3v) is 6.34. The minimum atomic E-state index is -0.500. The van der Waals surface area contributed by atoms with Crippen LogP contribution in [-0.2, 0) is 25.6 Å². The molecule has 37 heavy (non-hydrogen) atoms. The molecular weight excluding hydrogens is 475 g/mol. The summed E-state index contributed by atoms with van der Waals surface area (Å²) in [4.78, 5) is 26.1. The highest BCUT2D eigenvalue weighted by Crippen LogP contribution is 2.29. The number of nitrogens with one attached hydrogen (secondary N) is 2. The molecule has 2 N–H and O–H groups in total. The van der Waals surface area contributed by atoms with Gasteiger partial charge in [-0.3, -0.25) is 9.59 Å². The lowest BCUT2D eigenvalue weighted by Gasteiger charge is -2.19. The Morgan fingerprint density at radius 2 is 1.57 bits per heavy atom. The molecule has 2 aliphatic rings. The van der Waals surface area contributed by atoms with Crippen LogP contribution in [-0.4, -0.2) is 49.4 Å². The van der Waals surface area contributed by atoms with E-state index in [1.165, 1.54) is 30.3 Å². The molecule has 0 spiro atoms. The van der Waals surface area contributed by atoms with Gasteiger partial charge in [-0.25, -0.2) is 4.39 Å². The standard InChI is InChI=1S/C29H27FN2O5/c30-22-13-11-19(12-14-22)15-23(31-28(33)21-9-5-2-6-10-21)29(34)32-24-17-36-27-25(18-37-26(24)27)35-16-20-7-3-1-4-8-20/h1-15,24-27H,16-18H2,(H,31,33)(H,32,34)/b23-15-/t24-,25-,26-,27-/m1/s1. The SMILES string of the molecule is O=C(N[C@@H]1CO[C@H]2[C@@H]1OC[C@H]2OCc1ccccc1)/C(=C/c1ccc(F)cc1)NC(=O)c1ccccc1. The molecule has 0 aromatic heterocycles. The maximum Gasteiger partial charge on any atom is 0.268 e. The van der Waals surface area contributed by atoms with E-state index in [0.29, 0.717) is 24.3 Å². The Morgan fingerprint density at radius 3 is 2.30 bits per heavy atom. The topological polar surface area (TPSA) is 85.9 Å². The van der Waals surface area contributed by atoms with Gasteiger partial charge in [0.25, 0.3) is 11.8 Å². The fourth-order valence-corrected chi connectivity index (χ4v) is 4.42. The molecule has 0 unspecified atom stereocenters. The van der Waals surface area contributed by atoms with Crippen molar-refractivity contribution in [1.29, 1.82) is 0 Å². The van der Waals surface area contributed by atoms with Gasteiger partial charge in [0.2, 0.25) is 0 Å². The Kier molecular flexibility index (Phi) is 7.70. The van der Waals surface area contributed by atoms with Crippen LogP contribution in [0.5, 0.6) is 0 Å². The zero-order valence-electron chi connectivity index (χ0n) is 20.0. The van der Waals surface area contributed by atoms with Gasteiger partial charge in [-0.2, -0.15) is 0 Å². The Balaban J connectivity index is 1.26. The lowest BCUT2D eigenvalue weighted by Crippen LogP contribution is -2.46. The number of halogens is 1. The first-order valence-electron chi connectivity index (χ1n) is 12.1. The van der Waals surface area contributed by atoms with Crippen LogP contribution in [0.1, 0.15) is 21.5 Å². The smallest absolute Gasteiger partial charge is 0.268 e. The molecule has 0 aliphatic carbocycles. The molecule has 0 radical (unpaired) electrons. The summed E-state index contributed by atoms with van der Waals surface area (Å²) < 4.78 is 31.3. The monoisotopic (exact) mass is 502 g/mol. The van der Waals surface area contributed by atoms with Crippen LogP contribution in [0.3, 0.4) is 0 Å². The van der Waals surface area contributed by atoms with Crippen molar-refractivity contribution < 1.29 is 28.2 Å². The largest absolute Gasteiger partial charge is 0.370 e. The zero-order chi connectivity index (χ0) is 25.6. The summed E-state index contributed by atoms with van der Waals surface area (Å²) in [5, 5.41) is 5.62. The van der Waals surface area contributed by atoms with Gasteiger partial charge in [-0.15, -0.1) is 0 Å². The Bertz CT molecular complexity index is 1250. The van der Waals surface area contributed by atoms with Crippen LogP contribution < -0.4 is 10.6 Å². The minimum absolute atomic E-state index is 0.0267. The fourth-order valence-electron chi connectivity index (χ4n) is 4.42. The van der Waals surface area contributed by atoms with Gasteiger partial charge in [0, 0.05) is 5.56 Å². The Labute approximate surface area is 214 Å². The predicted molar refractivity (Wildman–Crippen MR) is 135 cm³/mol. The maximum atomic E-state index is 13.4. The molecular formula is C29H27FN2O5. The summed E-state index contributed by atoms with van der Waals surface area (Å²) >= 11 is 0. The third-order valence-electron chi connectivity index (χ3n) is 6.34. The van der Waals surface area contributed by atoms with Gasteiger partial charge in [-0.1, -0.05) is 60.7 Å². The molecule has 2 fully saturated rings. The molecule has 4 atom stereocenters. The average molecular weight is 503 g/mol. The first-order valence-corrected chi connectivity index (χ1v) is 12.1. The third kappa shape index (κ3) is 6.11. The summed E-state index contributed by atoms with van der Waals surface area (Å²) in [6.45, 7) is 1.05. The average Bonchev–Trinajstić information content (AvgIpc) is 3.52. The van der Waals surface area contributed by atoms with Crippen molar-refractivity contribution in [2.75, 3.05) is 13.2 Å². The number of ether oxygens (including phenoxy) is 3. The van der Waals surface area contributed by atoms with Crippen LogP contribution in [0, 0.1) is 5.82 Å². The van der Waals surface area contributed by atoms with E-state index < -0.39 is 23.7 Å². The van der Waals surface area contributed by atoms with Crippen molar-refractivity contribution in [2.45, 2.75) is 31.0 Å². The summed E-state index contributed by atoms with van der Waals surface area (Å²) in [6.07, 6.45) is 0.572. The minimum Gasteiger partial charge on any atom is -0.370 e. The van der Waals surface area contributed by atoms with E-state index in [1.54, 1.807) is 30.3 Å². The Hall–Kier alpha value is -3.85. The molecule has 0 saturated carbocycles. The molecule has 2 amide bonds. The van der Waals surface area contributed by atoms with Gasteiger partial charge in [0.15, 0.2) is 0 Å². The molecule has 3 aromatic rings. The second-order valence-corrected chi connectivity index (χ2v) is 8.94. The van der Waals surface area contributed by atoms with Crippen molar-refractivity contribution in [3.8, 4) is 0 Å². The van der Waals surface area contributed by atoms with Crippen molar-refractivity contribution in [1.82, 2.24) is 10.6 Å². The molecule has 3 aromatic carbocycles. The predicted octanol–water partition coefficient (Wildman–Crippen LogP) is 3.46. The van der Waals surface area contributed by atoms with Crippen molar-refractivity contribution >= 4 is 17.9 Å². The number of carbonyl (C=O) groups is 2. The molecule has 0 bridgehead atoms. The highest BCUT2D eigenvalue weighted by molar-refractivity contribution is 6.05. The second kappa shape index (κ2) is 11.5. The van der Waals surface area contributed by atoms with Gasteiger partial charge in [0.05, 0.1) is 25.9 Å². The summed E-state index contributed by atoms with van der Waals surface area (Å²) in [6, 6.07) is 23.6. The number of benzene rings is 3. The van der Waals surface area contributed by atoms with Crippen LogP contribution in [0.15, 0.2) is 90.6 Å². The number of hydrogen-bond donors (Lipinski definition) is 2. The van der Waals surface area contributed by atoms with Crippen LogP contribution in [0.2, 0.25) is 0 Å². The van der Waals surface area contributed by atoms with E-state index in [-0.39, 0.29) is 30.6 Å². The Morgan fingerprint density at radius 1 is 0.892 bits per heavy atom. The first kappa shape index (κ1) is 24.8. The number of rotatable bonds is 8. The molecule has 2 heterocycles. The van der Waals surface area contributed by atoms with E-state index in [9.17, 15) is 14.0 Å². The van der Waals surface area contributed by atoms with Crippen LogP contribution in [0.25, 0.3) is 6.08 Å². The number of carbonyl (C=O) groups excluding carboxylic acids is 2. The van der Waals surface area contributed by atoms with Crippen LogP contribution >= 0.6 is 0 Å². The zero-order valence-corrected chi connectivity index (χ0v) is 20.0. The van der Waals surface area contributed by atoms with Gasteiger partial charge in [0.1, 0.15) is 29.8 Å². The molecule has 7 nitrogen and oxygen atoms in total. The van der Waals surface area contributed by atoms with E-state index in [4.69, 9.17) is 14.2 Å². The summed E-state index contributed by atoms with van der Waals surface area (Å²) in [5.41, 5.74) is 2.05. The van der Waals surface area contributed by atoms with Crippen molar-refractivity contribution in [3.63, 3.8) is 0 Å². The van der Waals surface area contributed by atoms with Crippen molar-refractivity contribution in [2.24, 2.45) is 0 Å². The summed E-state index contributed by atoms with van der Waals surface area (Å²) in [5.74, 6) is -1.33. The van der Waals surface area contributed by atoms with Gasteiger partial charge >= 0.3 is 0 Å². The molecule has 8 heteroatoms. The highest BCUT2D eigenvalue weighted by atomic mass is 19.1. The van der Waals surface area contributed by atoms with Gasteiger partial charge < -0.3 is 24.8 Å². The molecule has 2 aliphatic heterocycles. The first-order chi connectivity index (χ1) is 18.1. The van der Waals surface area contributed by atoms with E-state index in [2.05, 4.69) is 10.6 Å². The highest BCUT2D eigenvalue weighted by Gasteiger charge is 2.49. The fraction of sp³-hybridized carbons (Fsp3) is 0.241. The van der Waals surface area contributed by atoms with E-state index >= 15 is 0 Å². The lowest BCUT2D eigenvalue weighted by molar-refractivity contribution is -0.119. The number of fused-ring (bicyclic) bond motifs is 1. The van der Waals surface area contributed by atoms with Crippen molar-refractivity contribution in [3.05, 3.63) is 113 Å². The lowest BCUT2D eigenvalue weighted by atomic mass is 10.1. The van der Waals surface area contributed by atoms with E-state index in [0.717, 1.165) is 5.56 Å².